The van der Waals surface area contributed by atoms with Gasteiger partial charge in [-0.3, -0.25) is 9.36 Å². The highest BCUT2D eigenvalue weighted by Crippen LogP contribution is 2.27. The maximum absolute atomic E-state index is 12.7. The molecule has 0 aliphatic rings. The Labute approximate surface area is 205 Å². The van der Waals surface area contributed by atoms with Crippen molar-refractivity contribution in [3.05, 3.63) is 94.2 Å². The van der Waals surface area contributed by atoms with Crippen LogP contribution in [0.2, 0.25) is 10.0 Å². The third-order valence-electron chi connectivity index (χ3n) is 4.85. The van der Waals surface area contributed by atoms with Gasteiger partial charge in [-0.2, -0.15) is 0 Å². The normalized spacial score (nSPS) is 10.8. The van der Waals surface area contributed by atoms with Crippen LogP contribution in [0.15, 0.2) is 78.0 Å². The quantitative estimate of drug-likeness (QED) is 0.219. The van der Waals surface area contributed by atoms with E-state index in [4.69, 9.17) is 27.9 Å². The highest BCUT2D eigenvalue weighted by Gasteiger charge is 2.18. The van der Waals surface area contributed by atoms with Crippen LogP contribution < -0.4 is 10.1 Å². The van der Waals surface area contributed by atoms with E-state index in [0.29, 0.717) is 33.1 Å². The van der Waals surface area contributed by atoms with Gasteiger partial charge in [0.1, 0.15) is 5.75 Å². The fourth-order valence-corrected chi connectivity index (χ4v) is 4.47. The van der Waals surface area contributed by atoms with Crippen molar-refractivity contribution in [3.63, 3.8) is 0 Å². The maximum atomic E-state index is 12.7. The number of ketones is 1. The van der Waals surface area contributed by atoms with Crippen LogP contribution in [-0.2, 0) is 6.54 Å². The third kappa shape index (κ3) is 5.50. The van der Waals surface area contributed by atoms with Gasteiger partial charge in [0.25, 0.3) is 0 Å². The minimum absolute atomic E-state index is 0.0781. The fraction of sp³-hybridized carbons (Fsp3) is 0.125. The lowest BCUT2D eigenvalue weighted by atomic mass is 10.1. The number of methoxy groups -OCH3 is 1. The molecule has 0 bridgehead atoms. The molecular weight excluding hydrogens is 479 g/mol. The summed E-state index contributed by atoms with van der Waals surface area (Å²) in [5.74, 6) is 1.51. The number of hydrogen-bond acceptors (Lipinski definition) is 6. The van der Waals surface area contributed by atoms with E-state index in [9.17, 15) is 4.79 Å². The summed E-state index contributed by atoms with van der Waals surface area (Å²) in [6.07, 6.45) is 0. The summed E-state index contributed by atoms with van der Waals surface area (Å²) in [6, 6.07) is 22.1. The fourth-order valence-electron chi connectivity index (χ4n) is 3.17. The molecule has 1 aromatic heterocycles. The molecular formula is C24H20Cl2N4O2S. The molecule has 3 aromatic carbocycles. The first kappa shape index (κ1) is 23.2. The van der Waals surface area contributed by atoms with E-state index >= 15 is 0 Å². The molecule has 0 radical (unpaired) electrons. The summed E-state index contributed by atoms with van der Waals surface area (Å²) in [4.78, 5) is 12.7. The second kappa shape index (κ2) is 10.7. The number of benzene rings is 3. The number of thioether (sulfide) groups is 1. The number of rotatable bonds is 9. The second-order valence-corrected chi connectivity index (χ2v) is 8.71. The Hall–Kier alpha value is -3.00. The summed E-state index contributed by atoms with van der Waals surface area (Å²) >= 11 is 13.8. The Morgan fingerprint density at radius 1 is 0.970 bits per heavy atom. The van der Waals surface area contributed by atoms with Gasteiger partial charge in [-0.1, -0.05) is 59.2 Å². The van der Waals surface area contributed by atoms with Crippen molar-refractivity contribution in [1.82, 2.24) is 14.8 Å². The first-order valence-corrected chi connectivity index (χ1v) is 11.8. The molecule has 0 unspecified atom stereocenters. The van der Waals surface area contributed by atoms with Crippen LogP contribution >= 0.6 is 35.0 Å². The van der Waals surface area contributed by atoms with Crippen LogP contribution in [0.5, 0.6) is 5.75 Å². The molecule has 0 aliphatic carbocycles. The molecule has 1 heterocycles. The van der Waals surface area contributed by atoms with Gasteiger partial charge in [0.05, 0.1) is 35.1 Å². The lowest BCUT2D eigenvalue weighted by Gasteiger charge is -2.12. The number of halogens is 2. The van der Waals surface area contributed by atoms with Crippen LogP contribution in [-0.4, -0.2) is 33.4 Å². The molecule has 0 amide bonds. The molecule has 0 saturated carbocycles. The van der Waals surface area contributed by atoms with Gasteiger partial charge < -0.3 is 10.1 Å². The van der Waals surface area contributed by atoms with Crippen LogP contribution in [0.4, 0.5) is 5.69 Å². The number of hydrogen-bond donors (Lipinski definition) is 1. The molecule has 0 saturated heterocycles. The summed E-state index contributed by atoms with van der Waals surface area (Å²) in [5.41, 5.74) is 2.14. The highest BCUT2D eigenvalue weighted by molar-refractivity contribution is 7.99. The van der Waals surface area contributed by atoms with Crippen LogP contribution in [0.1, 0.15) is 16.2 Å². The number of para-hydroxylation sites is 1. The van der Waals surface area contributed by atoms with E-state index in [1.807, 2.05) is 53.1 Å². The number of carbonyl (C=O) groups is 1. The SMILES string of the molecule is COc1ccc(-n2c(CNc3ccccc3Cl)nnc2SCC(=O)c2ccccc2Cl)cc1. The number of anilines is 1. The first-order valence-electron chi connectivity index (χ1n) is 10.0. The van der Waals surface area contributed by atoms with Gasteiger partial charge in [-0.25, -0.2) is 0 Å². The second-order valence-electron chi connectivity index (χ2n) is 6.96. The lowest BCUT2D eigenvalue weighted by Crippen LogP contribution is -2.09. The Morgan fingerprint density at radius 3 is 2.36 bits per heavy atom. The Morgan fingerprint density at radius 2 is 1.67 bits per heavy atom. The highest BCUT2D eigenvalue weighted by atomic mass is 35.5. The van der Waals surface area contributed by atoms with E-state index < -0.39 is 0 Å². The van der Waals surface area contributed by atoms with Gasteiger partial charge in [-0.05, 0) is 48.5 Å². The number of aromatic nitrogens is 3. The standard InChI is InChI=1S/C24H20Cl2N4O2S/c1-32-17-12-10-16(11-13-17)30-23(14-27-21-9-5-4-8-20(21)26)28-29-24(30)33-15-22(31)18-6-2-3-7-19(18)25/h2-13,27H,14-15H2,1H3. The molecule has 6 nitrogen and oxygen atoms in total. The van der Waals surface area contributed by atoms with Gasteiger partial charge in [0, 0.05) is 11.3 Å². The van der Waals surface area contributed by atoms with Gasteiger partial charge >= 0.3 is 0 Å². The Balaban J connectivity index is 1.60. The number of Topliss-reactive ketones (excluding diaryl/α,β-unsaturated/α-hetero) is 1. The molecule has 0 spiro atoms. The van der Waals surface area contributed by atoms with Gasteiger partial charge in [-0.15, -0.1) is 10.2 Å². The minimum atomic E-state index is -0.0781. The van der Waals surface area contributed by atoms with Crippen molar-refractivity contribution < 1.29 is 9.53 Å². The average Bonchev–Trinajstić information content (AvgIpc) is 3.25. The predicted molar refractivity (Wildman–Crippen MR) is 133 cm³/mol. The summed E-state index contributed by atoms with van der Waals surface area (Å²) in [7, 11) is 1.62. The molecule has 4 aromatic rings. The van der Waals surface area contributed by atoms with Crippen LogP contribution in [0.25, 0.3) is 5.69 Å². The zero-order chi connectivity index (χ0) is 23.2. The van der Waals surface area contributed by atoms with E-state index in [2.05, 4.69) is 15.5 Å². The lowest BCUT2D eigenvalue weighted by molar-refractivity contribution is 0.102. The Kier molecular flexibility index (Phi) is 7.54. The maximum Gasteiger partial charge on any atom is 0.196 e. The van der Waals surface area contributed by atoms with E-state index in [1.54, 1.807) is 31.4 Å². The van der Waals surface area contributed by atoms with E-state index in [0.717, 1.165) is 17.1 Å². The molecule has 1 N–H and O–H groups in total. The largest absolute Gasteiger partial charge is 0.497 e. The van der Waals surface area contributed by atoms with Crippen molar-refractivity contribution in [2.45, 2.75) is 11.7 Å². The molecule has 168 valence electrons. The van der Waals surface area contributed by atoms with Crippen LogP contribution in [0.3, 0.4) is 0 Å². The monoisotopic (exact) mass is 498 g/mol. The smallest absolute Gasteiger partial charge is 0.196 e. The number of ether oxygens (including phenoxy) is 1. The first-order chi connectivity index (χ1) is 16.1. The summed E-state index contributed by atoms with van der Waals surface area (Å²) < 4.78 is 7.19. The molecule has 0 fully saturated rings. The zero-order valence-electron chi connectivity index (χ0n) is 17.7. The predicted octanol–water partition coefficient (Wildman–Crippen LogP) is 6.17. The molecule has 0 atom stereocenters. The van der Waals surface area contributed by atoms with Crippen molar-refractivity contribution >= 4 is 46.4 Å². The van der Waals surface area contributed by atoms with Crippen molar-refractivity contribution in [2.75, 3.05) is 18.2 Å². The molecule has 9 heteroatoms. The van der Waals surface area contributed by atoms with Crippen LogP contribution in [0, 0.1) is 0 Å². The Bertz CT molecular complexity index is 1260. The zero-order valence-corrected chi connectivity index (χ0v) is 20.0. The van der Waals surface area contributed by atoms with Gasteiger partial charge in [0.15, 0.2) is 16.8 Å². The molecule has 33 heavy (non-hydrogen) atoms. The number of nitrogens with zero attached hydrogens (tertiary/aromatic N) is 3. The van der Waals surface area contributed by atoms with Gasteiger partial charge in [0.2, 0.25) is 0 Å². The number of carbonyl (C=O) groups excluding carboxylic acids is 1. The molecule has 0 aliphatic heterocycles. The topological polar surface area (TPSA) is 69.0 Å². The average molecular weight is 499 g/mol. The van der Waals surface area contributed by atoms with Crippen molar-refractivity contribution in [1.29, 1.82) is 0 Å². The van der Waals surface area contributed by atoms with Crippen molar-refractivity contribution in [3.8, 4) is 11.4 Å². The minimum Gasteiger partial charge on any atom is -0.497 e. The number of nitrogens with one attached hydrogen (secondary N) is 1. The van der Waals surface area contributed by atoms with Crippen molar-refractivity contribution in [2.24, 2.45) is 0 Å². The summed E-state index contributed by atoms with van der Waals surface area (Å²) in [5, 5.41) is 13.7. The third-order valence-corrected chi connectivity index (χ3v) is 6.44. The van der Waals surface area contributed by atoms with E-state index in [-0.39, 0.29) is 11.5 Å². The van der Waals surface area contributed by atoms with E-state index in [1.165, 1.54) is 11.8 Å². The summed E-state index contributed by atoms with van der Waals surface area (Å²) in [6.45, 7) is 0.391. The molecule has 4 rings (SSSR count).